The molecule has 8 unspecified atom stereocenters. The van der Waals surface area contributed by atoms with Crippen LogP contribution in [0.15, 0.2) is 11.6 Å². The number of aldehydes is 1. The van der Waals surface area contributed by atoms with Crippen LogP contribution in [0.4, 0.5) is 0 Å². The number of hydrogen-bond donors (Lipinski definition) is 1. The van der Waals surface area contributed by atoms with Crippen LogP contribution in [-0.4, -0.2) is 29.1 Å². The quantitative estimate of drug-likeness (QED) is 0.441. The second-order valence-corrected chi connectivity index (χ2v) is 10.8. The Labute approximate surface area is 169 Å². The summed E-state index contributed by atoms with van der Waals surface area (Å²) in [7, 11) is 0. The topological polar surface area (TPSA) is 63.6 Å². The van der Waals surface area contributed by atoms with Gasteiger partial charge in [-0.05, 0) is 86.4 Å². The van der Waals surface area contributed by atoms with E-state index in [9.17, 15) is 14.7 Å². The third kappa shape index (κ3) is 2.89. The lowest BCUT2D eigenvalue weighted by molar-refractivity contribution is -0.149. The lowest BCUT2D eigenvalue weighted by Gasteiger charge is -2.58. The highest BCUT2D eigenvalue weighted by atomic mass is 16.5. The van der Waals surface area contributed by atoms with Crippen LogP contribution in [0.1, 0.15) is 79.1 Å². The number of ether oxygens (including phenoxy) is 1. The Kier molecular flexibility index (Phi) is 4.80. The van der Waals surface area contributed by atoms with Crippen molar-refractivity contribution in [2.45, 2.75) is 90.8 Å². The molecule has 4 nitrogen and oxygen atoms in total. The van der Waals surface area contributed by atoms with Gasteiger partial charge in [0.1, 0.15) is 11.7 Å². The van der Waals surface area contributed by atoms with Gasteiger partial charge in [-0.25, -0.2) is 0 Å². The van der Waals surface area contributed by atoms with E-state index in [-0.39, 0.29) is 28.8 Å². The van der Waals surface area contributed by atoms with Crippen molar-refractivity contribution < 1.29 is 19.4 Å². The molecule has 28 heavy (non-hydrogen) atoms. The molecule has 0 aromatic heterocycles. The smallest absolute Gasteiger partial charge is 0.302 e. The highest BCUT2D eigenvalue weighted by molar-refractivity contribution is 5.66. The zero-order valence-corrected chi connectivity index (χ0v) is 17.9. The van der Waals surface area contributed by atoms with Crippen LogP contribution in [-0.2, 0) is 14.3 Å². The summed E-state index contributed by atoms with van der Waals surface area (Å²) in [4.78, 5) is 23.0. The zero-order valence-electron chi connectivity index (χ0n) is 17.9. The van der Waals surface area contributed by atoms with Gasteiger partial charge >= 0.3 is 5.97 Å². The van der Waals surface area contributed by atoms with E-state index >= 15 is 0 Å². The van der Waals surface area contributed by atoms with Gasteiger partial charge in [-0.15, -0.1) is 0 Å². The maximum Gasteiger partial charge on any atom is 0.302 e. The Morgan fingerprint density at radius 3 is 2.64 bits per heavy atom. The molecule has 3 saturated carbocycles. The number of carbonyl (C=O) groups is 2. The number of esters is 1. The first-order chi connectivity index (χ1) is 13.1. The molecule has 3 fully saturated rings. The maximum atomic E-state index is 11.6. The van der Waals surface area contributed by atoms with Crippen molar-refractivity contribution in [1.82, 2.24) is 0 Å². The molecule has 0 radical (unpaired) electrons. The van der Waals surface area contributed by atoms with Crippen molar-refractivity contribution in [3.8, 4) is 0 Å². The second-order valence-electron chi connectivity index (χ2n) is 10.8. The average Bonchev–Trinajstić information content (AvgIpc) is 2.99. The van der Waals surface area contributed by atoms with Crippen LogP contribution in [0.25, 0.3) is 0 Å². The first kappa shape index (κ1) is 20.1. The maximum absolute atomic E-state index is 11.6. The van der Waals surface area contributed by atoms with E-state index in [1.54, 1.807) is 6.92 Å². The first-order valence-electron chi connectivity index (χ1n) is 11.2. The van der Waals surface area contributed by atoms with E-state index in [4.69, 9.17) is 4.74 Å². The molecule has 0 aromatic carbocycles. The zero-order chi connectivity index (χ0) is 20.3. The van der Waals surface area contributed by atoms with Crippen molar-refractivity contribution in [3.63, 3.8) is 0 Å². The Morgan fingerprint density at radius 2 is 1.96 bits per heavy atom. The molecular weight excluding hydrogens is 352 g/mol. The summed E-state index contributed by atoms with van der Waals surface area (Å²) in [5, 5.41) is 10.7. The number of carbonyl (C=O) groups excluding carboxylic acids is 2. The minimum absolute atomic E-state index is 0.0424. The van der Waals surface area contributed by atoms with E-state index in [0.717, 1.165) is 51.2 Å². The van der Waals surface area contributed by atoms with Gasteiger partial charge in [-0.2, -0.15) is 0 Å². The normalized spacial score (nSPS) is 47.0. The lowest BCUT2D eigenvalue weighted by Crippen LogP contribution is -2.53. The molecule has 4 aliphatic carbocycles. The Morgan fingerprint density at radius 1 is 1.21 bits per heavy atom. The summed E-state index contributed by atoms with van der Waals surface area (Å²) in [6.45, 7) is 7.99. The minimum atomic E-state index is -1.21. The summed E-state index contributed by atoms with van der Waals surface area (Å²) in [6, 6.07) is 0. The molecule has 4 aliphatic rings. The fourth-order valence-corrected chi connectivity index (χ4v) is 8.00. The molecule has 0 saturated heterocycles. The third-order valence-electron chi connectivity index (χ3n) is 9.34. The molecule has 156 valence electrons. The Balaban J connectivity index is 1.59. The molecule has 4 heteroatoms. The highest BCUT2D eigenvalue weighted by Gasteiger charge is 2.61. The van der Waals surface area contributed by atoms with Crippen molar-refractivity contribution in [1.29, 1.82) is 0 Å². The molecule has 0 amide bonds. The van der Waals surface area contributed by atoms with E-state index in [1.165, 1.54) is 18.9 Å². The molecule has 0 bridgehead atoms. The molecule has 0 spiro atoms. The van der Waals surface area contributed by atoms with Crippen LogP contribution in [0.2, 0.25) is 0 Å². The van der Waals surface area contributed by atoms with Gasteiger partial charge in [0.25, 0.3) is 0 Å². The predicted molar refractivity (Wildman–Crippen MR) is 107 cm³/mol. The van der Waals surface area contributed by atoms with Crippen molar-refractivity contribution in [3.05, 3.63) is 11.6 Å². The molecule has 0 aliphatic heterocycles. The van der Waals surface area contributed by atoms with Crippen LogP contribution in [0.5, 0.6) is 0 Å². The average molecular weight is 389 g/mol. The second kappa shape index (κ2) is 6.68. The van der Waals surface area contributed by atoms with E-state index in [0.29, 0.717) is 17.8 Å². The first-order valence-corrected chi connectivity index (χ1v) is 11.2. The molecule has 0 heterocycles. The van der Waals surface area contributed by atoms with E-state index in [1.807, 2.05) is 0 Å². The summed E-state index contributed by atoms with van der Waals surface area (Å²) >= 11 is 0. The van der Waals surface area contributed by atoms with Gasteiger partial charge in [0.2, 0.25) is 0 Å². The summed E-state index contributed by atoms with van der Waals surface area (Å²) in [6.07, 6.45) is 11.7. The highest BCUT2D eigenvalue weighted by Crippen LogP contribution is 2.67. The SMILES string of the molecule is CC(=O)OC1CCC2(C)C(=CCC3C2CCC2(C)C3CCC2C(C)(O)C=O)C1. The van der Waals surface area contributed by atoms with Crippen LogP contribution >= 0.6 is 0 Å². The van der Waals surface area contributed by atoms with Gasteiger partial charge in [-0.3, -0.25) is 4.79 Å². The number of allylic oxidation sites excluding steroid dienone is 1. The predicted octanol–water partition coefficient (Wildman–Crippen LogP) is 4.45. The van der Waals surface area contributed by atoms with Gasteiger partial charge in [0.05, 0.1) is 0 Å². The summed E-state index contributed by atoms with van der Waals surface area (Å²) in [5.74, 6) is 1.80. The van der Waals surface area contributed by atoms with Crippen LogP contribution in [0.3, 0.4) is 0 Å². The van der Waals surface area contributed by atoms with Crippen LogP contribution in [0, 0.1) is 34.5 Å². The summed E-state index contributed by atoms with van der Waals surface area (Å²) in [5.41, 5.74) is 0.566. The van der Waals surface area contributed by atoms with Crippen molar-refractivity contribution >= 4 is 12.3 Å². The third-order valence-corrected chi connectivity index (χ3v) is 9.34. The molecule has 0 aromatic rings. The Bertz CT molecular complexity index is 695. The molecule has 1 N–H and O–H groups in total. The minimum Gasteiger partial charge on any atom is -0.462 e. The molecular formula is C24H36O4. The van der Waals surface area contributed by atoms with Crippen molar-refractivity contribution in [2.75, 3.05) is 0 Å². The fraction of sp³-hybridized carbons (Fsp3) is 0.833. The number of aliphatic hydroxyl groups is 1. The van der Waals surface area contributed by atoms with E-state index < -0.39 is 5.60 Å². The lowest BCUT2D eigenvalue weighted by atomic mass is 9.47. The van der Waals surface area contributed by atoms with Crippen molar-refractivity contribution in [2.24, 2.45) is 34.5 Å². The standard InChI is InChI=1S/C24H36O4/c1-15(26)28-17-9-11-22(2)16(13-17)5-6-18-19-7-8-21(24(4,27)14-25)23(19,3)12-10-20(18)22/h5,14,17-21,27H,6-13H2,1-4H3. The van der Waals surface area contributed by atoms with Gasteiger partial charge in [-0.1, -0.05) is 25.5 Å². The monoisotopic (exact) mass is 388 g/mol. The number of fused-ring (bicyclic) bond motifs is 5. The summed E-state index contributed by atoms with van der Waals surface area (Å²) < 4.78 is 5.53. The van der Waals surface area contributed by atoms with E-state index in [2.05, 4.69) is 19.9 Å². The number of rotatable bonds is 3. The fourth-order valence-electron chi connectivity index (χ4n) is 8.00. The largest absolute Gasteiger partial charge is 0.462 e. The van der Waals surface area contributed by atoms with Crippen LogP contribution < -0.4 is 0 Å². The van der Waals surface area contributed by atoms with Gasteiger partial charge in [0.15, 0.2) is 6.29 Å². The van der Waals surface area contributed by atoms with Gasteiger partial charge in [0, 0.05) is 13.3 Å². The molecule has 8 atom stereocenters. The Hall–Kier alpha value is -1.16. The molecule has 4 rings (SSSR count). The number of hydrogen-bond acceptors (Lipinski definition) is 4. The van der Waals surface area contributed by atoms with Gasteiger partial charge < -0.3 is 14.6 Å².